The van der Waals surface area contributed by atoms with Crippen molar-refractivity contribution in [2.24, 2.45) is 5.41 Å². The summed E-state index contributed by atoms with van der Waals surface area (Å²) in [5, 5.41) is 30.4. The molecule has 13 nitrogen and oxygen atoms in total. The van der Waals surface area contributed by atoms with Gasteiger partial charge in [0, 0.05) is 31.4 Å². The fraction of sp³-hybridized carbons (Fsp3) is 0.429. The highest BCUT2D eigenvalue weighted by Gasteiger charge is 2.44. The van der Waals surface area contributed by atoms with E-state index in [-0.39, 0.29) is 29.7 Å². The molecule has 4 aromatic rings. The van der Waals surface area contributed by atoms with Gasteiger partial charge in [-0.2, -0.15) is 0 Å². The number of carboxylic acid groups (broad SMARTS) is 1. The van der Waals surface area contributed by atoms with E-state index in [0.29, 0.717) is 29.8 Å². The molecule has 0 aliphatic carbocycles. The summed E-state index contributed by atoms with van der Waals surface area (Å²) in [7, 11) is 0. The molecule has 0 saturated carbocycles. The summed E-state index contributed by atoms with van der Waals surface area (Å²) in [6.07, 6.45) is 2.50. The molecule has 5 N–H and O–H groups in total. The quantitative estimate of drug-likeness (QED) is 0.231. The predicted molar refractivity (Wildman–Crippen MR) is 151 cm³/mol. The van der Waals surface area contributed by atoms with E-state index in [1.165, 1.54) is 0 Å². The molecule has 1 amide bonds. The minimum atomic E-state index is -1.29. The Kier molecular flexibility index (Phi) is 7.89. The first-order valence-electron chi connectivity index (χ1n) is 13.0. The van der Waals surface area contributed by atoms with Crippen LogP contribution >= 0.6 is 0 Å². The molecule has 0 radical (unpaired) electrons. The van der Waals surface area contributed by atoms with Crippen LogP contribution in [0.3, 0.4) is 0 Å². The van der Waals surface area contributed by atoms with E-state index in [2.05, 4.69) is 37.4 Å². The van der Waals surface area contributed by atoms with Crippen molar-refractivity contribution in [3.05, 3.63) is 41.9 Å². The molecule has 4 aromatic heterocycles. The van der Waals surface area contributed by atoms with E-state index in [9.17, 15) is 15.0 Å². The number of aromatic nitrogens is 6. The average Bonchev–Trinajstić information content (AvgIpc) is 3.47. The second kappa shape index (κ2) is 11.1. The first-order chi connectivity index (χ1) is 19.2. The van der Waals surface area contributed by atoms with Crippen LogP contribution in [0.4, 0.5) is 10.6 Å². The number of imidazole rings is 1. The normalized spacial score (nSPS) is 13.3. The second-order valence-corrected chi connectivity index (χ2v) is 11.3. The van der Waals surface area contributed by atoms with E-state index >= 15 is 0 Å². The number of fused-ring (bicyclic) bond motifs is 1. The van der Waals surface area contributed by atoms with Crippen LogP contribution in [0, 0.1) is 17.3 Å². The third-order valence-electron chi connectivity index (χ3n) is 6.72. The molecule has 0 aliphatic heterocycles. The molecule has 0 spiro atoms. The average molecular weight is 563 g/mol. The fourth-order valence-electron chi connectivity index (χ4n) is 4.38. The number of carbonyl (C=O) groups is 1. The Morgan fingerprint density at radius 3 is 2.54 bits per heavy atom. The number of ether oxygens (including phenoxy) is 1. The summed E-state index contributed by atoms with van der Waals surface area (Å²) in [5.74, 6) is 6.36. The molecule has 0 saturated heterocycles. The standard InChI is InChI=1S/C28H34N8O5/c1-7-36-19-13-20(40-16-28(26(2,3)4,33-25(37)38)14-17-9-8-12-30-15-17)31-18(10-11-27(5,6)39)21(19)32-24(36)22-23(29)35-41-34-22/h8-9,12-13,15,33,39H,7,14,16H2,1-6H3,(H2,29,35)(H,37,38)/t28-/m1/s1. The van der Waals surface area contributed by atoms with E-state index in [1.54, 1.807) is 38.4 Å². The summed E-state index contributed by atoms with van der Waals surface area (Å²) in [6.45, 7) is 11.3. The van der Waals surface area contributed by atoms with Crippen molar-refractivity contribution in [1.29, 1.82) is 0 Å². The van der Waals surface area contributed by atoms with Gasteiger partial charge < -0.3 is 30.6 Å². The van der Waals surface area contributed by atoms with Crippen molar-refractivity contribution in [3.8, 4) is 29.2 Å². The molecule has 1 atom stereocenters. The molecule has 0 aliphatic rings. The molecule has 0 bridgehead atoms. The van der Waals surface area contributed by atoms with Crippen molar-refractivity contribution in [1.82, 2.24) is 35.1 Å². The molecule has 0 fully saturated rings. The molecule has 0 unspecified atom stereocenters. The second-order valence-electron chi connectivity index (χ2n) is 11.3. The third-order valence-corrected chi connectivity index (χ3v) is 6.72. The number of pyridine rings is 2. The number of nitrogens with one attached hydrogen (secondary N) is 1. The zero-order valence-corrected chi connectivity index (χ0v) is 23.9. The Bertz CT molecular complexity index is 1610. The maximum absolute atomic E-state index is 12.0. The molecule has 13 heteroatoms. The van der Waals surface area contributed by atoms with Crippen molar-refractivity contribution in [2.75, 3.05) is 12.3 Å². The van der Waals surface area contributed by atoms with Gasteiger partial charge in [0.05, 0.1) is 11.1 Å². The topological polar surface area (TPSA) is 187 Å². The predicted octanol–water partition coefficient (Wildman–Crippen LogP) is 3.27. The van der Waals surface area contributed by atoms with Crippen molar-refractivity contribution in [3.63, 3.8) is 0 Å². The van der Waals surface area contributed by atoms with Crippen molar-refractivity contribution < 1.29 is 24.4 Å². The van der Waals surface area contributed by atoms with Gasteiger partial charge in [0.2, 0.25) is 5.88 Å². The summed E-state index contributed by atoms with van der Waals surface area (Å²) < 4.78 is 12.9. The van der Waals surface area contributed by atoms with E-state index in [1.807, 2.05) is 38.3 Å². The molecule has 4 heterocycles. The van der Waals surface area contributed by atoms with Crippen LogP contribution in [0.5, 0.6) is 5.88 Å². The Hall–Kier alpha value is -4.70. The number of rotatable bonds is 8. The van der Waals surface area contributed by atoms with Gasteiger partial charge in [-0.15, -0.1) is 0 Å². The van der Waals surface area contributed by atoms with Crippen molar-refractivity contribution >= 4 is 22.9 Å². The minimum Gasteiger partial charge on any atom is -0.475 e. The number of hydrogen-bond acceptors (Lipinski definition) is 10. The van der Waals surface area contributed by atoms with Gasteiger partial charge in [0.1, 0.15) is 23.4 Å². The lowest BCUT2D eigenvalue weighted by Crippen LogP contribution is -2.62. The Balaban J connectivity index is 1.84. The van der Waals surface area contributed by atoms with E-state index in [0.717, 1.165) is 5.56 Å². The smallest absolute Gasteiger partial charge is 0.405 e. The maximum Gasteiger partial charge on any atom is 0.405 e. The lowest BCUT2D eigenvalue weighted by molar-refractivity contribution is 0.0669. The van der Waals surface area contributed by atoms with Crippen LogP contribution < -0.4 is 15.8 Å². The van der Waals surface area contributed by atoms with Gasteiger partial charge >= 0.3 is 6.09 Å². The minimum absolute atomic E-state index is 0.0537. The molecule has 216 valence electrons. The van der Waals surface area contributed by atoms with E-state index in [4.69, 9.17) is 20.1 Å². The van der Waals surface area contributed by atoms with Crippen LogP contribution in [0.15, 0.2) is 35.2 Å². The number of anilines is 1. The molecular formula is C28H34N8O5. The Labute approximate surface area is 237 Å². The highest BCUT2D eigenvalue weighted by atomic mass is 16.6. The summed E-state index contributed by atoms with van der Waals surface area (Å²) >= 11 is 0. The lowest BCUT2D eigenvalue weighted by atomic mass is 9.70. The summed E-state index contributed by atoms with van der Waals surface area (Å²) in [6, 6.07) is 5.39. The number of nitrogens with zero attached hydrogens (tertiary/aromatic N) is 6. The van der Waals surface area contributed by atoms with Gasteiger partial charge in [0.15, 0.2) is 17.3 Å². The summed E-state index contributed by atoms with van der Waals surface area (Å²) in [5.41, 5.74) is 5.44. The number of aryl methyl sites for hydroxylation is 1. The highest BCUT2D eigenvalue weighted by molar-refractivity contribution is 5.86. The number of hydrogen-bond donors (Lipinski definition) is 4. The molecule has 41 heavy (non-hydrogen) atoms. The molecule has 0 aromatic carbocycles. The maximum atomic E-state index is 12.0. The monoisotopic (exact) mass is 562 g/mol. The van der Waals surface area contributed by atoms with Crippen LogP contribution in [-0.2, 0) is 13.0 Å². The first kappa shape index (κ1) is 29.3. The Morgan fingerprint density at radius 1 is 1.22 bits per heavy atom. The third kappa shape index (κ3) is 6.38. The van der Waals surface area contributed by atoms with Gasteiger partial charge in [-0.1, -0.05) is 32.8 Å². The van der Waals surface area contributed by atoms with Gasteiger partial charge in [-0.25, -0.2) is 19.4 Å². The largest absolute Gasteiger partial charge is 0.475 e. The van der Waals surface area contributed by atoms with Crippen LogP contribution in [0.1, 0.15) is 52.8 Å². The van der Waals surface area contributed by atoms with Crippen LogP contribution in [-0.4, -0.2) is 63.9 Å². The van der Waals surface area contributed by atoms with Gasteiger partial charge in [0.25, 0.3) is 0 Å². The fourth-order valence-corrected chi connectivity index (χ4v) is 4.38. The number of nitrogens with two attached hydrogens (primary N) is 1. The van der Waals surface area contributed by atoms with Crippen LogP contribution in [0.2, 0.25) is 0 Å². The van der Waals surface area contributed by atoms with E-state index < -0.39 is 22.6 Å². The number of nitrogen functional groups attached to an aromatic ring is 1. The zero-order chi connectivity index (χ0) is 30.0. The lowest BCUT2D eigenvalue weighted by Gasteiger charge is -2.44. The zero-order valence-electron chi connectivity index (χ0n) is 23.9. The van der Waals surface area contributed by atoms with Crippen LogP contribution in [0.25, 0.3) is 22.6 Å². The highest BCUT2D eigenvalue weighted by Crippen LogP contribution is 2.35. The Morgan fingerprint density at radius 2 is 1.98 bits per heavy atom. The first-order valence-corrected chi connectivity index (χ1v) is 13.0. The number of aliphatic hydroxyl groups is 1. The van der Waals surface area contributed by atoms with Gasteiger partial charge in [-0.3, -0.25) is 4.98 Å². The molecular weight excluding hydrogens is 528 g/mol. The summed E-state index contributed by atoms with van der Waals surface area (Å²) in [4.78, 5) is 25.5. The van der Waals surface area contributed by atoms with Crippen molar-refractivity contribution in [2.45, 2.75) is 65.6 Å². The number of amides is 1. The SMILES string of the molecule is CCn1c(-c2nonc2N)nc2c(C#CC(C)(C)O)nc(OC[C@@](Cc3cccnc3)(NC(=O)O)C(C)(C)C)cc21. The molecule has 4 rings (SSSR count). The van der Waals surface area contributed by atoms with Gasteiger partial charge in [-0.05, 0) is 54.0 Å².